The number of thioether (sulfide) groups is 1. The Bertz CT molecular complexity index is 1220. The number of pyridine rings is 1. The molecule has 0 fully saturated rings. The molecule has 160 valence electrons. The number of nitrogens with two attached hydrogens (primary N) is 1. The third-order valence-corrected chi connectivity index (χ3v) is 5.12. The third-order valence-electron chi connectivity index (χ3n) is 3.88. The van der Waals surface area contributed by atoms with Crippen LogP contribution in [0.25, 0.3) is 22.7 Å². The highest BCUT2D eigenvalue weighted by Gasteiger charge is 2.31. The van der Waals surface area contributed by atoms with Crippen molar-refractivity contribution in [1.29, 1.82) is 0 Å². The van der Waals surface area contributed by atoms with E-state index in [1.807, 2.05) is 12.5 Å². The van der Waals surface area contributed by atoms with Crippen molar-refractivity contribution < 1.29 is 17.4 Å². The maximum absolute atomic E-state index is 12.9. The zero-order valence-electron chi connectivity index (χ0n) is 16.2. The summed E-state index contributed by atoms with van der Waals surface area (Å²) in [6.45, 7) is 1.72. The Morgan fingerprint density at radius 1 is 1.23 bits per heavy atom. The topological polar surface area (TPSA) is 103 Å². The van der Waals surface area contributed by atoms with Gasteiger partial charge >= 0.3 is 6.18 Å². The minimum atomic E-state index is -4.50. The molecule has 0 amide bonds. The molecule has 1 unspecified atom stereocenters. The smallest absolute Gasteiger partial charge is 0.384 e. The van der Waals surface area contributed by atoms with Crippen molar-refractivity contribution in [2.24, 2.45) is 0 Å². The Morgan fingerprint density at radius 2 is 1.93 bits per heavy atom. The van der Waals surface area contributed by atoms with Crippen molar-refractivity contribution in [3.63, 3.8) is 0 Å². The maximum Gasteiger partial charge on any atom is 0.416 e. The first-order chi connectivity index (χ1) is 14.2. The van der Waals surface area contributed by atoms with Crippen molar-refractivity contribution in [2.75, 3.05) is 24.0 Å². The fourth-order valence-electron chi connectivity index (χ4n) is 2.60. The van der Waals surface area contributed by atoms with Gasteiger partial charge < -0.3 is 5.73 Å². The predicted octanol–water partition coefficient (Wildman–Crippen LogP) is 3.15. The molecular formula is C17H18F3N7OS2. The molecule has 13 heteroatoms. The number of anilines is 1. The quantitative estimate of drug-likeness (QED) is 0.504. The zero-order valence-corrected chi connectivity index (χ0v) is 17.8. The Labute approximate surface area is 176 Å². The predicted molar refractivity (Wildman–Crippen MR) is 111 cm³/mol. The van der Waals surface area contributed by atoms with Crippen LogP contribution in [0.5, 0.6) is 0 Å². The summed E-state index contributed by atoms with van der Waals surface area (Å²) in [6.07, 6.45) is 2.20. The van der Waals surface area contributed by atoms with Gasteiger partial charge in [0.2, 0.25) is 0 Å². The van der Waals surface area contributed by atoms with E-state index in [9.17, 15) is 17.4 Å². The van der Waals surface area contributed by atoms with Crippen LogP contribution in [0.2, 0.25) is 0 Å². The lowest BCUT2D eigenvalue weighted by molar-refractivity contribution is -0.137. The first-order valence-electron chi connectivity index (χ1n) is 8.57. The van der Waals surface area contributed by atoms with Gasteiger partial charge in [-0.05, 0) is 30.7 Å². The number of fused-ring (bicyclic) bond motifs is 2. The molecule has 4 aromatic rings. The molecule has 0 aliphatic carbocycles. The van der Waals surface area contributed by atoms with E-state index in [4.69, 9.17) is 5.73 Å². The number of nitrogens with zero attached hydrogens (tertiary/aromatic N) is 6. The lowest BCUT2D eigenvalue weighted by Crippen LogP contribution is -2.05. The van der Waals surface area contributed by atoms with Gasteiger partial charge in [-0.3, -0.25) is 4.21 Å². The molecule has 0 aliphatic heterocycles. The molecule has 1 atom stereocenters. The van der Waals surface area contributed by atoms with Gasteiger partial charge in [0.25, 0.3) is 0 Å². The van der Waals surface area contributed by atoms with Crippen LogP contribution in [-0.2, 0) is 17.0 Å². The molecule has 0 bridgehead atoms. The summed E-state index contributed by atoms with van der Waals surface area (Å²) < 4.78 is 53.8. The van der Waals surface area contributed by atoms with Gasteiger partial charge in [-0.25, -0.2) is 14.5 Å². The summed E-state index contributed by atoms with van der Waals surface area (Å²) in [6, 6.07) is 3.32. The van der Waals surface area contributed by atoms with Crippen molar-refractivity contribution in [1.82, 2.24) is 29.2 Å². The molecule has 4 heterocycles. The van der Waals surface area contributed by atoms with Crippen LogP contribution in [0.3, 0.4) is 0 Å². The number of alkyl halides is 3. The maximum atomic E-state index is 12.9. The Kier molecular flexibility index (Phi) is 6.31. The van der Waals surface area contributed by atoms with E-state index in [1.165, 1.54) is 27.5 Å². The van der Waals surface area contributed by atoms with E-state index < -0.39 is 22.5 Å². The highest BCUT2D eigenvalue weighted by molar-refractivity contribution is 7.97. The summed E-state index contributed by atoms with van der Waals surface area (Å²) in [5.74, 6) is 0.616. The molecule has 0 spiro atoms. The highest BCUT2D eigenvalue weighted by Crippen LogP contribution is 2.32. The monoisotopic (exact) mass is 457 g/mol. The van der Waals surface area contributed by atoms with Crippen LogP contribution in [0, 0.1) is 0 Å². The minimum Gasteiger partial charge on any atom is -0.384 e. The Balaban J connectivity index is 0.000000806. The summed E-state index contributed by atoms with van der Waals surface area (Å²) in [7, 11) is -1.48. The summed E-state index contributed by atoms with van der Waals surface area (Å²) in [5, 5.41) is 8.63. The normalized spacial score (nSPS) is 12.7. The molecule has 0 aliphatic rings. The Morgan fingerprint density at radius 3 is 2.57 bits per heavy atom. The third kappa shape index (κ3) is 4.12. The zero-order chi connectivity index (χ0) is 22.1. The average Bonchev–Trinajstić information content (AvgIpc) is 3.28. The van der Waals surface area contributed by atoms with Crippen LogP contribution in [0.15, 0.2) is 35.6 Å². The molecule has 8 nitrogen and oxygen atoms in total. The van der Waals surface area contributed by atoms with E-state index >= 15 is 0 Å². The molecule has 0 saturated carbocycles. The minimum absolute atomic E-state index is 0.00342. The van der Waals surface area contributed by atoms with Gasteiger partial charge in [0.05, 0.1) is 16.4 Å². The molecule has 0 saturated heterocycles. The lowest BCUT2D eigenvalue weighted by Gasteiger charge is -2.05. The number of hydrogen-bond donors (Lipinski definition) is 1. The highest BCUT2D eigenvalue weighted by atomic mass is 32.2. The number of aromatic nitrogens is 6. The van der Waals surface area contributed by atoms with E-state index in [2.05, 4.69) is 20.2 Å². The Hall–Kier alpha value is -2.67. The second-order valence-electron chi connectivity index (χ2n) is 5.98. The first kappa shape index (κ1) is 22.0. The standard InChI is InChI=1S/C15H12F3N7OS.C2H6S/c1-2-27(26)14-11(13-20-5-3-9(19)25(13)23-14)12-21-10-7-8(15(16,17)18)4-6-24(10)22-12;1-3-2/h3-7H,2,19H2,1H3;1-2H3. The van der Waals surface area contributed by atoms with Crippen LogP contribution in [-0.4, -0.2) is 51.7 Å². The van der Waals surface area contributed by atoms with Gasteiger partial charge in [-0.2, -0.15) is 34.5 Å². The first-order valence-corrected chi connectivity index (χ1v) is 11.5. The van der Waals surface area contributed by atoms with Gasteiger partial charge in [-0.15, -0.1) is 5.10 Å². The van der Waals surface area contributed by atoms with Gasteiger partial charge in [0.1, 0.15) is 11.4 Å². The number of hydrogen-bond acceptors (Lipinski definition) is 7. The largest absolute Gasteiger partial charge is 0.416 e. The average molecular weight is 458 g/mol. The van der Waals surface area contributed by atoms with Crippen molar-refractivity contribution in [3.8, 4) is 11.4 Å². The van der Waals surface area contributed by atoms with Gasteiger partial charge in [-0.1, -0.05) is 6.92 Å². The van der Waals surface area contributed by atoms with E-state index in [1.54, 1.807) is 18.7 Å². The van der Waals surface area contributed by atoms with Crippen LogP contribution < -0.4 is 5.73 Å². The SMILES string of the molecule is CCS(=O)c1nn2c(N)ccnc2c1-c1nc2cc(C(F)(F)F)ccn2n1.CSC. The molecule has 2 N–H and O–H groups in total. The number of rotatable bonds is 3. The molecule has 0 aromatic carbocycles. The number of nitrogen functional groups attached to an aromatic ring is 1. The van der Waals surface area contributed by atoms with Crippen LogP contribution in [0.4, 0.5) is 19.0 Å². The fourth-order valence-corrected chi connectivity index (χ4v) is 3.46. The second kappa shape index (κ2) is 8.60. The summed E-state index contributed by atoms with van der Waals surface area (Å²) in [4.78, 5) is 8.37. The van der Waals surface area contributed by atoms with E-state index in [0.29, 0.717) is 0 Å². The van der Waals surface area contributed by atoms with E-state index in [0.717, 1.165) is 12.1 Å². The lowest BCUT2D eigenvalue weighted by atomic mass is 10.2. The molecule has 4 rings (SSSR count). The number of halogens is 3. The van der Waals surface area contributed by atoms with Crippen molar-refractivity contribution in [3.05, 3.63) is 36.2 Å². The molecule has 30 heavy (non-hydrogen) atoms. The summed E-state index contributed by atoms with van der Waals surface area (Å²) in [5.41, 5.74) is 5.60. The molecular weight excluding hydrogens is 439 g/mol. The van der Waals surface area contributed by atoms with Crippen LogP contribution in [0.1, 0.15) is 12.5 Å². The van der Waals surface area contributed by atoms with Gasteiger partial charge in [0, 0.05) is 18.1 Å². The van der Waals surface area contributed by atoms with Gasteiger partial charge in [0.15, 0.2) is 22.1 Å². The summed E-state index contributed by atoms with van der Waals surface area (Å²) >= 11 is 1.75. The molecule has 0 radical (unpaired) electrons. The second-order valence-corrected chi connectivity index (χ2v) is 8.45. The van der Waals surface area contributed by atoms with Crippen molar-refractivity contribution in [2.45, 2.75) is 18.1 Å². The fraction of sp³-hybridized carbons (Fsp3) is 0.294. The molecule has 4 aromatic heterocycles. The van der Waals surface area contributed by atoms with Crippen LogP contribution >= 0.6 is 11.8 Å². The van der Waals surface area contributed by atoms with Crippen molar-refractivity contribution >= 4 is 39.7 Å². The van der Waals surface area contributed by atoms with E-state index in [-0.39, 0.29) is 39.3 Å².